The van der Waals surface area contributed by atoms with E-state index in [0.29, 0.717) is 0 Å². The Bertz CT molecular complexity index is 171. The van der Waals surface area contributed by atoms with Crippen LogP contribution in [0.5, 0.6) is 0 Å². The van der Waals surface area contributed by atoms with Gasteiger partial charge in [0, 0.05) is 6.42 Å². The summed E-state index contributed by atoms with van der Waals surface area (Å²) in [5.74, 6) is 5.95. The molecule has 0 spiro atoms. The highest BCUT2D eigenvalue weighted by Crippen LogP contribution is 2.06. The molecule has 1 atom stereocenters. The molecule has 0 saturated heterocycles. The normalized spacial score (nSPS) is 13.4. The van der Waals surface area contributed by atoms with Gasteiger partial charge in [0.15, 0.2) is 0 Å². The van der Waals surface area contributed by atoms with Gasteiger partial charge < -0.3 is 5.11 Å². The Kier molecular flexibility index (Phi) is 5.28. The van der Waals surface area contributed by atoms with Crippen molar-refractivity contribution in [3.8, 4) is 11.8 Å². The van der Waals surface area contributed by atoms with E-state index < -0.39 is 8.07 Å². The molecule has 70 valence electrons. The summed E-state index contributed by atoms with van der Waals surface area (Å²) in [7, 11) is -1.44. The molecule has 0 radical (unpaired) electrons. The van der Waals surface area contributed by atoms with Gasteiger partial charge in [0.1, 0.15) is 5.73 Å². The molecule has 0 saturated carbocycles. The highest BCUT2D eigenvalue weighted by atomic mass is 28.3. The fraction of sp³-hybridized carbons (Fsp3) is 0.800. The van der Waals surface area contributed by atoms with E-state index in [9.17, 15) is 5.11 Å². The molecule has 0 heterocycles. The van der Waals surface area contributed by atoms with Crippen molar-refractivity contribution in [3.05, 3.63) is 0 Å². The van der Waals surface area contributed by atoms with Crippen molar-refractivity contribution in [3.63, 3.8) is 0 Å². The molecular weight excluding hydrogens is 164 g/mol. The Balaban J connectivity index is 3.79. The maximum absolute atomic E-state index is 9.57. The van der Waals surface area contributed by atoms with Gasteiger partial charge in [-0.15, -0.1) is 5.92 Å². The van der Waals surface area contributed by atoms with Crippen molar-refractivity contribution in [2.45, 2.75) is 51.6 Å². The number of rotatable bonds is 3. The van der Waals surface area contributed by atoms with Crippen LogP contribution in [0.15, 0.2) is 0 Å². The molecule has 0 amide bonds. The number of aliphatic hydroxyl groups is 1. The van der Waals surface area contributed by atoms with E-state index in [-0.39, 0.29) is 5.73 Å². The molecule has 0 aliphatic heterocycles. The smallest absolute Gasteiger partial charge is 0.102 e. The van der Waals surface area contributed by atoms with E-state index in [1.807, 2.05) is 0 Å². The zero-order valence-corrected chi connectivity index (χ0v) is 9.65. The maximum Gasteiger partial charge on any atom is 0.102 e. The molecule has 0 rings (SSSR count). The third-order valence-electron chi connectivity index (χ3n) is 1.71. The lowest BCUT2D eigenvalue weighted by molar-refractivity contribution is 0.299. The molecule has 0 aromatic carbocycles. The Morgan fingerprint density at radius 2 is 1.92 bits per heavy atom. The zero-order valence-electron chi connectivity index (χ0n) is 8.65. The number of hydrogen-bond donors (Lipinski definition) is 1. The van der Waals surface area contributed by atoms with Crippen LogP contribution >= 0.6 is 0 Å². The van der Waals surface area contributed by atoms with Crippen molar-refractivity contribution < 1.29 is 5.11 Å². The molecule has 0 aromatic rings. The first-order chi connectivity index (χ1) is 5.48. The van der Waals surface area contributed by atoms with E-state index >= 15 is 0 Å². The summed E-state index contributed by atoms with van der Waals surface area (Å²) < 4.78 is 0. The van der Waals surface area contributed by atoms with Crippen LogP contribution in [0.1, 0.15) is 26.2 Å². The Morgan fingerprint density at radius 3 is 2.33 bits per heavy atom. The molecule has 0 aliphatic carbocycles. The van der Waals surface area contributed by atoms with Gasteiger partial charge in [0.25, 0.3) is 0 Å². The highest BCUT2D eigenvalue weighted by Gasteiger charge is 2.22. The fourth-order valence-corrected chi connectivity index (χ4v) is 1.19. The quantitative estimate of drug-likeness (QED) is 0.406. The Labute approximate surface area is 77.2 Å². The predicted molar refractivity (Wildman–Crippen MR) is 56.7 cm³/mol. The summed E-state index contributed by atoms with van der Waals surface area (Å²) in [4.78, 5) is 0. The number of aliphatic hydroxyl groups excluding tert-OH is 1. The highest BCUT2D eigenvalue weighted by molar-refractivity contribution is 6.77. The summed E-state index contributed by atoms with van der Waals surface area (Å²) in [5, 5.41) is 9.57. The first-order valence-corrected chi connectivity index (χ1v) is 8.22. The van der Waals surface area contributed by atoms with Crippen LogP contribution in [0.25, 0.3) is 0 Å². The summed E-state index contributed by atoms with van der Waals surface area (Å²) in [6.45, 7) is 8.54. The van der Waals surface area contributed by atoms with Gasteiger partial charge in [0.2, 0.25) is 0 Å². The maximum atomic E-state index is 9.57. The topological polar surface area (TPSA) is 20.2 Å². The van der Waals surface area contributed by atoms with Gasteiger partial charge in [-0.05, 0) is 6.42 Å². The Hall–Kier alpha value is -0.263. The van der Waals surface area contributed by atoms with E-state index in [1.165, 1.54) is 6.42 Å². The molecule has 0 bridgehead atoms. The largest absolute Gasteiger partial charge is 0.384 e. The minimum Gasteiger partial charge on any atom is -0.384 e. The van der Waals surface area contributed by atoms with Crippen LogP contribution in [0.3, 0.4) is 0 Å². The minimum atomic E-state index is -1.44. The summed E-state index contributed by atoms with van der Waals surface area (Å²) in [6, 6.07) is 0. The van der Waals surface area contributed by atoms with Gasteiger partial charge in [0.05, 0.1) is 8.07 Å². The molecule has 0 aromatic heterocycles. The minimum absolute atomic E-state index is 0.352. The average Bonchev–Trinajstić information content (AvgIpc) is 1.96. The van der Waals surface area contributed by atoms with E-state index in [0.717, 1.165) is 12.8 Å². The lowest BCUT2D eigenvalue weighted by atomic mass is 10.2. The van der Waals surface area contributed by atoms with Crippen molar-refractivity contribution in [1.82, 2.24) is 0 Å². The third-order valence-corrected chi connectivity index (χ3v) is 3.50. The van der Waals surface area contributed by atoms with Crippen molar-refractivity contribution in [2.24, 2.45) is 0 Å². The fourth-order valence-electron chi connectivity index (χ4n) is 0.651. The second-order valence-corrected chi connectivity index (χ2v) is 9.47. The summed E-state index contributed by atoms with van der Waals surface area (Å²) in [6.07, 6.45) is 3.25. The molecule has 0 fully saturated rings. The summed E-state index contributed by atoms with van der Waals surface area (Å²) in [5.41, 5.74) is -0.352. The molecule has 2 heteroatoms. The van der Waals surface area contributed by atoms with Crippen LogP contribution in [-0.2, 0) is 0 Å². The molecule has 0 aliphatic rings. The van der Waals surface area contributed by atoms with Gasteiger partial charge in [-0.1, -0.05) is 38.9 Å². The second kappa shape index (κ2) is 5.39. The lowest BCUT2D eigenvalue weighted by Gasteiger charge is -2.17. The first-order valence-electron chi connectivity index (χ1n) is 4.65. The average molecular weight is 184 g/mol. The van der Waals surface area contributed by atoms with Crippen molar-refractivity contribution >= 4 is 8.07 Å². The van der Waals surface area contributed by atoms with Crippen LogP contribution in [-0.4, -0.2) is 18.9 Å². The third kappa shape index (κ3) is 5.40. The lowest BCUT2D eigenvalue weighted by Crippen LogP contribution is -2.36. The number of unbranched alkanes of at least 4 members (excludes halogenated alkanes) is 2. The van der Waals surface area contributed by atoms with Crippen LogP contribution in [0, 0.1) is 11.8 Å². The second-order valence-electron chi connectivity index (χ2n) is 4.19. The van der Waals surface area contributed by atoms with Gasteiger partial charge >= 0.3 is 0 Å². The first kappa shape index (κ1) is 11.7. The van der Waals surface area contributed by atoms with Crippen molar-refractivity contribution in [2.75, 3.05) is 0 Å². The molecule has 1 N–H and O–H groups in total. The predicted octanol–water partition coefficient (Wildman–Crippen LogP) is 2.42. The molecule has 1 unspecified atom stereocenters. The number of hydrogen-bond acceptors (Lipinski definition) is 1. The van der Waals surface area contributed by atoms with E-state index in [2.05, 4.69) is 38.4 Å². The van der Waals surface area contributed by atoms with E-state index in [1.54, 1.807) is 0 Å². The molecular formula is C10H20OSi. The standard InChI is InChI=1S/C10H20OSi/c1-5-6-7-8-9-10(11)12(2,3)4/h10-11H,5-7H2,1-4H3. The van der Waals surface area contributed by atoms with Crippen LogP contribution < -0.4 is 0 Å². The monoisotopic (exact) mass is 184 g/mol. The van der Waals surface area contributed by atoms with Gasteiger partial charge in [-0.25, -0.2) is 0 Å². The van der Waals surface area contributed by atoms with E-state index in [4.69, 9.17) is 0 Å². The van der Waals surface area contributed by atoms with Crippen LogP contribution in [0.2, 0.25) is 19.6 Å². The van der Waals surface area contributed by atoms with Crippen molar-refractivity contribution in [1.29, 1.82) is 0 Å². The SMILES string of the molecule is CCCCC#CC(O)[Si](C)(C)C. The summed E-state index contributed by atoms with van der Waals surface area (Å²) >= 11 is 0. The van der Waals surface area contributed by atoms with Gasteiger partial charge in [-0.3, -0.25) is 0 Å². The van der Waals surface area contributed by atoms with Crippen LogP contribution in [0.4, 0.5) is 0 Å². The molecule has 1 nitrogen and oxygen atoms in total. The van der Waals surface area contributed by atoms with Gasteiger partial charge in [-0.2, -0.15) is 0 Å². The Morgan fingerprint density at radius 1 is 1.33 bits per heavy atom. The zero-order chi connectivity index (χ0) is 9.61. The molecule has 12 heavy (non-hydrogen) atoms.